The van der Waals surface area contributed by atoms with Gasteiger partial charge in [-0.15, -0.1) is 0 Å². The lowest BCUT2D eigenvalue weighted by Crippen LogP contribution is -1.98. The third-order valence-corrected chi connectivity index (χ3v) is 2.85. The third kappa shape index (κ3) is 1.31. The average Bonchev–Trinajstić information content (AvgIpc) is 2.45. The highest BCUT2D eigenvalue weighted by Crippen LogP contribution is 2.19. The Labute approximate surface area is 83.0 Å². The van der Waals surface area contributed by atoms with E-state index in [0.29, 0.717) is 16.7 Å². The monoisotopic (exact) mass is 216 g/mol. The maximum Gasteiger partial charge on any atom is 0.192 e. The molecule has 2 heterocycles. The summed E-state index contributed by atoms with van der Waals surface area (Å²) < 4.78 is 22.5. The van der Waals surface area contributed by atoms with Gasteiger partial charge < -0.3 is 5.73 Å². The summed E-state index contributed by atoms with van der Waals surface area (Å²) in [5.74, 6) is 0.309. The van der Waals surface area contributed by atoms with Crippen LogP contribution in [0.15, 0.2) is 17.3 Å². The van der Waals surface area contributed by atoms with E-state index >= 15 is 0 Å². The second kappa shape index (κ2) is 2.68. The van der Waals surface area contributed by atoms with Gasteiger partial charge in [-0.05, 0) is 0 Å². The molecule has 7 heteroatoms. The second-order valence-corrected chi connectivity index (χ2v) is 4.90. The maximum absolute atomic E-state index is 11.3. The molecular formula is C7H12N4O2S. The number of nitrogens with one attached hydrogen (secondary N) is 1. The molecule has 2 aromatic heterocycles. The van der Waals surface area contributed by atoms with Gasteiger partial charge in [0.1, 0.15) is 5.82 Å². The highest BCUT2D eigenvalue weighted by atomic mass is 32.2. The van der Waals surface area contributed by atoms with Crippen LogP contribution in [0.2, 0.25) is 0 Å². The van der Waals surface area contributed by atoms with E-state index in [9.17, 15) is 8.42 Å². The molecule has 0 aliphatic rings. The Kier molecular flexibility index (Phi) is 1.71. The first kappa shape index (κ1) is 8.95. The lowest BCUT2D eigenvalue weighted by molar-refractivity contribution is 0.598. The molecule has 0 aliphatic heterocycles. The number of pyridine rings is 1. The molecule has 0 saturated heterocycles. The Morgan fingerprint density at radius 1 is 1.57 bits per heavy atom. The molecule has 0 spiro atoms. The third-order valence-electron chi connectivity index (χ3n) is 1.80. The van der Waals surface area contributed by atoms with Crippen LogP contribution in [0.4, 0.5) is 5.82 Å². The van der Waals surface area contributed by atoms with Crippen LogP contribution in [0.5, 0.6) is 0 Å². The Morgan fingerprint density at radius 2 is 2.29 bits per heavy atom. The van der Waals surface area contributed by atoms with Crippen LogP contribution >= 0.6 is 0 Å². The number of aromatic amines is 1. The number of nitrogen functional groups attached to an aromatic ring is 1. The normalized spacial score (nSPS) is 12.1. The van der Waals surface area contributed by atoms with E-state index in [1.807, 2.05) is 0 Å². The number of nitrogens with zero attached hydrogens (tertiary/aromatic N) is 2. The van der Waals surface area contributed by atoms with Gasteiger partial charge in [-0.3, -0.25) is 5.10 Å². The number of hydrogen-bond acceptors (Lipinski definition) is 5. The van der Waals surface area contributed by atoms with Gasteiger partial charge in [-0.2, -0.15) is 5.10 Å². The summed E-state index contributed by atoms with van der Waals surface area (Å²) in [7, 11) is -3.30. The van der Waals surface area contributed by atoms with Crippen molar-refractivity contribution in [1.82, 2.24) is 15.2 Å². The SMILES string of the molecule is CS(=O)(=O)c1[nH]nc2cc(N)ncc12.[HH].[HH]. The quantitative estimate of drug-likeness (QED) is 0.720. The van der Waals surface area contributed by atoms with Crippen LogP contribution < -0.4 is 5.73 Å². The van der Waals surface area contributed by atoms with Crippen molar-refractivity contribution < 1.29 is 11.3 Å². The van der Waals surface area contributed by atoms with E-state index in [2.05, 4.69) is 15.2 Å². The zero-order valence-electron chi connectivity index (χ0n) is 7.35. The minimum atomic E-state index is -3.30. The van der Waals surface area contributed by atoms with Crippen LogP contribution in [0.25, 0.3) is 10.9 Å². The first-order chi connectivity index (χ1) is 6.48. The van der Waals surface area contributed by atoms with Gasteiger partial charge in [0.05, 0.1) is 10.9 Å². The number of rotatable bonds is 1. The van der Waals surface area contributed by atoms with E-state index in [1.165, 1.54) is 12.3 Å². The summed E-state index contributed by atoms with van der Waals surface area (Å²) in [6.07, 6.45) is 2.50. The van der Waals surface area contributed by atoms with Crippen molar-refractivity contribution in [2.45, 2.75) is 5.03 Å². The highest BCUT2D eigenvalue weighted by molar-refractivity contribution is 7.90. The smallest absolute Gasteiger partial charge is 0.192 e. The van der Waals surface area contributed by atoms with Crippen LogP contribution in [0, 0.1) is 0 Å². The Bertz CT molecular complexity index is 595. The maximum atomic E-state index is 11.3. The van der Waals surface area contributed by atoms with Crippen molar-refractivity contribution in [3.8, 4) is 0 Å². The average molecular weight is 216 g/mol. The van der Waals surface area contributed by atoms with Crippen molar-refractivity contribution in [3.63, 3.8) is 0 Å². The number of nitrogens with two attached hydrogens (primary N) is 1. The summed E-state index contributed by atoms with van der Waals surface area (Å²) in [5, 5.41) is 6.80. The summed E-state index contributed by atoms with van der Waals surface area (Å²) in [4.78, 5) is 3.81. The Balaban J connectivity index is 0.00000112. The molecule has 0 atom stereocenters. The van der Waals surface area contributed by atoms with Crippen molar-refractivity contribution in [3.05, 3.63) is 12.3 Å². The van der Waals surface area contributed by atoms with E-state index in [1.54, 1.807) is 0 Å². The predicted molar refractivity (Wildman–Crippen MR) is 55.6 cm³/mol. The topological polar surface area (TPSA) is 102 Å². The van der Waals surface area contributed by atoms with Crippen molar-refractivity contribution in [2.24, 2.45) is 0 Å². The molecule has 2 rings (SSSR count). The highest BCUT2D eigenvalue weighted by Gasteiger charge is 2.15. The van der Waals surface area contributed by atoms with Crippen molar-refractivity contribution in [1.29, 1.82) is 0 Å². The van der Waals surface area contributed by atoms with Gasteiger partial charge in [-0.1, -0.05) is 0 Å². The van der Waals surface area contributed by atoms with Crippen molar-refractivity contribution in [2.75, 3.05) is 12.0 Å². The summed E-state index contributed by atoms with van der Waals surface area (Å²) in [6, 6.07) is 1.51. The molecule has 0 aromatic carbocycles. The van der Waals surface area contributed by atoms with E-state index < -0.39 is 9.84 Å². The number of H-pyrrole nitrogens is 1. The molecule has 2 aromatic rings. The molecule has 0 radical (unpaired) electrons. The minimum Gasteiger partial charge on any atom is -0.384 e. The van der Waals surface area contributed by atoms with Gasteiger partial charge in [0.15, 0.2) is 14.9 Å². The lowest BCUT2D eigenvalue weighted by Gasteiger charge is -1.93. The van der Waals surface area contributed by atoms with E-state index in [-0.39, 0.29) is 7.88 Å². The fraction of sp³-hybridized carbons (Fsp3) is 0.143. The molecule has 0 fully saturated rings. The largest absolute Gasteiger partial charge is 0.384 e. The molecule has 0 amide bonds. The van der Waals surface area contributed by atoms with Gasteiger partial charge >= 0.3 is 0 Å². The van der Waals surface area contributed by atoms with Gasteiger partial charge in [0.2, 0.25) is 0 Å². The molecule has 6 nitrogen and oxygen atoms in total. The molecule has 0 bridgehead atoms. The lowest BCUT2D eigenvalue weighted by atomic mass is 10.3. The van der Waals surface area contributed by atoms with Crippen LogP contribution in [0.3, 0.4) is 0 Å². The van der Waals surface area contributed by atoms with Crippen LogP contribution in [-0.2, 0) is 9.84 Å². The fourth-order valence-corrected chi connectivity index (χ4v) is 1.95. The molecule has 78 valence electrons. The predicted octanol–water partition coefficient (Wildman–Crippen LogP) is 0.436. The summed E-state index contributed by atoms with van der Waals surface area (Å²) in [5.41, 5.74) is 5.93. The first-order valence-electron chi connectivity index (χ1n) is 3.78. The summed E-state index contributed by atoms with van der Waals surface area (Å²) >= 11 is 0. The number of hydrogen-bond donors (Lipinski definition) is 2. The number of aromatic nitrogens is 3. The zero-order valence-corrected chi connectivity index (χ0v) is 8.17. The summed E-state index contributed by atoms with van der Waals surface area (Å²) in [6.45, 7) is 0. The fourth-order valence-electron chi connectivity index (χ4n) is 1.18. The van der Waals surface area contributed by atoms with Gasteiger partial charge in [0, 0.05) is 21.4 Å². The number of sulfone groups is 1. The zero-order chi connectivity index (χ0) is 10.3. The van der Waals surface area contributed by atoms with E-state index in [0.717, 1.165) is 6.26 Å². The molecule has 0 aliphatic carbocycles. The molecule has 3 N–H and O–H groups in total. The molecule has 14 heavy (non-hydrogen) atoms. The standard InChI is InChI=1S/C7H8N4O2S.2H2/c1-14(12,13)7-4-3-9-6(8)2-5(4)10-11-7;;/h2-3H,1H3,(H2,8,9)(H,10,11);2*1H. The minimum absolute atomic E-state index is 0. The molecular weight excluding hydrogens is 204 g/mol. The molecule has 0 unspecified atom stereocenters. The van der Waals surface area contributed by atoms with Crippen LogP contribution in [0.1, 0.15) is 2.85 Å². The van der Waals surface area contributed by atoms with Gasteiger partial charge in [0.25, 0.3) is 0 Å². The van der Waals surface area contributed by atoms with Crippen molar-refractivity contribution >= 4 is 26.6 Å². The Hall–Kier alpha value is -1.63. The van der Waals surface area contributed by atoms with Crippen LogP contribution in [-0.4, -0.2) is 29.9 Å². The van der Waals surface area contributed by atoms with Gasteiger partial charge in [-0.25, -0.2) is 13.4 Å². The number of anilines is 1. The van der Waals surface area contributed by atoms with E-state index in [4.69, 9.17) is 5.73 Å². The molecule has 0 saturated carbocycles. The second-order valence-electron chi connectivity index (χ2n) is 2.95. The first-order valence-corrected chi connectivity index (χ1v) is 5.67. The Morgan fingerprint density at radius 3 is 2.93 bits per heavy atom. The number of fused-ring (bicyclic) bond motifs is 1.